The molecule has 0 unspecified atom stereocenters. The molecule has 2 heterocycles. The van der Waals surface area contributed by atoms with Gasteiger partial charge in [-0.1, -0.05) is 5.16 Å². The Hall–Kier alpha value is -0.940. The van der Waals surface area contributed by atoms with Gasteiger partial charge in [0.25, 0.3) is 5.89 Å². The van der Waals surface area contributed by atoms with Crippen LogP contribution in [0, 0.1) is 0 Å². The van der Waals surface area contributed by atoms with Crippen LogP contribution in [0.4, 0.5) is 0 Å². The second kappa shape index (κ2) is 4.14. The first-order valence-electron chi connectivity index (χ1n) is 5.76. The standard InChI is InChI=1S/C11H19N3O2/c1-7-4-5-8(6-12-7)9-13-10(16-14-9)11(2,3)15/h7-8,12,15H,4-6H2,1-3H3/t7-,8-/m1/s1. The zero-order valence-electron chi connectivity index (χ0n) is 10.0. The van der Waals surface area contributed by atoms with E-state index in [0.29, 0.717) is 23.7 Å². The third-order valence-electron chi connectivity index (χ3n) is 2.99. The lowest BCUT2D eigenvalue weighted by atomic mass is 9.95. The summed E-state index contributed by atoms with van der Waals surface area (Å²) in [5.41, 5.74) is -1.05. The molecule has 5 nitrogen and oxygen atoms in total. The van der Waals surface area contributed by atoms with Crippen LogP contribution in [0.15, 0.2) is 4.52 Å². The maximum Gasteiger partial charge on any atom is 0.258 e. The smallest absolute Gasteiger partial charge is 0.258 e. The third kappa shape index (κ3) is 2.41. The molecule has 0 spiro atoms. The second-order valence-corrected chi connectivity index (χ2v) is 5.10. The summed E-state index contributed by atoms with van der Waals surface area (Å²) in [6.07, 6.45) is 2.19. The second-order valence-electron chi connectivity index (χ2n) is 5.10. The Kier molecular flexibility index (Phi) is 2.99. The number of piperidine rings is 1. The van der Waals surface area contributed by atoms with Crippen LogP contribution in [0.5, 0.6) is 0 Å². The van der Waals surface area contributed by atoms with E-state index in [1.54, 1.807) is 13.8 Å². The molecule has 90 valence electrons. The summed E-state index contributed by atoms with van der Waals surface area (Å²) in [5, 5.41) is 17.1. The SMILES string of the molecule is C[C@@H]1CC[C@@H](c2noc(C(C)(C)O)n2)CN1. The molecule has 0 aliphatic carbocycles. The molecule has 5 heteroatoms. The zero-order chi connectivity index (χ0) is 11.8. The van der Waals surface area contributed by atoms with Crippen LogP contribution < -0.4 is 5.32 Å². The monoisotopic (exact) mass is 225 g/mol. The Morgan fingerprint density at radius 2 is 2.19 bits per heavy atom. The molecule has 1 aromatic rings. The van der Waals surface area contributed by atoms with Crippen LogP contribution >= 0.6 is 0 Å². The topological polar surface area (TPSA) is 71.2 Å². The number of nitrogens with one attached hydrogen (secondary N) is 1. The first-order chi connectivity index (χ1) is 7.47. The van der Waals surface area contributed by atoms with Gasteiger partial charge in [-0.05, 0) is 33.6 Å². The molecule has 0 radical (unpaired) electrons. The fourth-order valence-electron chi connectivity index (χ4n) is 1.87. The van der Waals surface area contributed by atoms with E-state index in [4.69, 9.17) is 4.52 Å². The summed E-state index contributed by atoms with van der Waals surface area (Å²) in [7, 11) is 0. The predicted molar refractivity (Wildman–Crippen MR) is 59.0 cm³/mol. The summed E-state index contributed by atoms with van der Waals surface area (Å²) >= 11 is 0. The van der Waals surface area contributed by atoms with Crippen molar-refractivity contribution in [2.75, 3.05) is 6.54 Å². The van der Waals surface area contributed by atoms with Crippen LogP contribution in [0.3, 0.4) is 0 Å². The molecule has 2 atom stereocenters. The van der Waals surface area contributed by atoms with Crippen LogP contribution in [0.1, 0.15) is 51.2 Å². The van der Waals surface area contributed by atoms with Crippen molar-refractivity contribution in [2.45, 2.75) is 51.2 Å². The van der Waals surface area contributed by atoms with Crippen LogP contribution in [0.2, 0.25) is 0 Å². The van der Waals surface area contributed by atoms with Crippen LogP contribution in [-0.4, -0.2) is 27.8 Å². The first-order valence-corrected chi connectivity index (χ1v) is 5.76. The highest BCUT2D eigenvalue weighted by atomic mass is 16.5. The summed E-state index contributed by atoms with van der Waals surface area (Å²) in [6, 6.07) is 0.567. The fourth-order valence-corrected chi connectivity index (χ4v) is 1.87. The Labute approximate surface area is 95.2 Å². The van der Waals surface area contributed by atoms with Gasteiger partial charge < -0.3 is 14.9 Å². The number of nitrogens with zero attached hydrogens (tertiary/aromatic N) is 2. The van der Waals surface area contributed by atoms with Crippen molar-refractivity contribution in [2.24, 2.45) is 0 Å². The van der Waals surface area contributed by atoms with E-state index in [2.05, 4.69) is 22.4 Å². The van der Waals surface area contributed by atoms with E-state index in [9.17, 15) is 5.11 Å². The van der Waals surface area contributed by atoms with Gasteiger partial charge in [-0.25, -0.2) is 0 Å². The first kappa shape index (κ1) is 11.5. The van der Waals surface area contributed by atoms with Gasteiger partial charge in [0.2, 0.25) is 0 Å². The minimum atomic E-state index is -1.05. The Bertz CT molecular complexity index is 348. The lowest BCUT2D eigenvalue weighted by Gasteiger charge is -2.25. The van der Waals surface area contributed by atoms with Crippen molar-refractivity contribution < 1.29 is 9.63 Å². The highest BCUT2D eigenvalue weighted by Crippen LogP contribution is 2.25. The van der Waals surface area contributed by atoms with Crippen LogP contribution in [-0.2, 0) is 5.60 Å². The van der Waals surface area contributed by atoms with E-state index in [-0.39, 0.29) is 0 Å². The zero-order valence-corrected chi connectivity index (χ0v) is 10.0. The average Bonchev–Trinajstić information content (AvgIpc) is 2.67. The van der Waals surface area contributed by atoms with Gasteiger partial charge in [-0.3, -0.25) is 0 Å². The van der Waals surface area contributed by atoms with Gasteiger partial charge in [-0.15, -0.1) is 0 Å². The Morgan fingerprint density at radius 1 is 1.44 bits per heavy atom. The highest BCUT2D eigenvalue weighted by Gasteiger charge is 2.28. The maximum absolute atomic E-state index is 9.73. The summed E-state index contributed by atoms with van der Waals surface area (Å²) < 4.78 is 5.07. The molecule has 1 aliphatic rings. The summed E-state index contributed by atoms with van der Waals surface area (Å²) in [4.78, 5) is 4.26. The molecule has 1 aliphatic heterocycles. The number of aliphatic hydroxyl groups is 1. The quantitative estimate of drug-likeness (QED) is 0.790. The maximum atomic E-state index is 9.73. The number of rotatable bonds is 2. The van der Waals surface area contributed by atoms with Crippen molar-refractivity contribution in [1.29, 1.82) is 0 Å². The van der Waals surface area contributed by atoms with E-state index in [1.165, 1.54) is 0 Å². The molecule has 0 aromatic carbocycles. The largest absolute Gasteiger partial charge is 0.381 e. The van der Waals surface area contributed by atoms with Gasteiger partial charge in [0.1, 0.15) is 5.60 Å². The lowest BCUT2D eigenvalue weighted by molar-refractivity contribution is 0.0420. The number of aromatic nitrogens is 2. The minimum absolute atomic E-state index is 0.293. The van der Waals surface area contributed by atoms with Gasteiger partial charge in [0.05, 0.1) is 0 Å². The van der Waals surface area contributed by atoms with Crippen molar-refractivity contribution in [3.05, 3.63) is 11.7 Å². The van der Waals surface area contributed by atoms with Gasteiger partial charge >= 0.3 is 0 Å². The van der Waals surface area contributed by atoms with Crippen molar-refractivity contribution in [3.8, 4) is 0 Å². The molecule has 0 amide bonds. The molecule has 0 bridgehead atoms. The molecular weight excluding hydrogens is 206 g/mol. The summed E-state index contributed by atoms with van der Waals surface area (Å²) in [6.45, 7) is 6.34. The van der Waals surface area contributed by atoms with Crippen molar-refractivity contribution in [3.63, 3.8) is 0 Å². The fraction of sp³-hybridized carbons (Fsp3) is 0.818. The average molecular weight is 225 g/mol. The number of hydrogen-bond donors (Lipinski definition) is 2. The molecule has 1 aromatic heterocycles. The minimum Gasteiger partial charge on any atom is -0.381 e. The molecule has 0 saturated carbocycles. The van der Waals surface area contributed by atoms with E-state index < -0.39 is 5.60 Å². The van der Waals surface area contributed by atoms with Gasteiger partial charge in [0, 0.05) is 18.5 Å². The summed E-state index contributed by atoms with van der Waals surface area (Å²) in [5.74, 6) is 1.30. The molecule has 16 heavy (non-hydrogen) atoms. The van der Waals surface area contributed by atoms with E-state index >= 15 is 0 Å². The van der Waals surface area contributed by atoms with Gasteiger partial charge in [0.15, 0.2) is 5.82 Å². The molecule has 2 rings (SSSR count). The van der Waals surface area contributed by atoms with E-state index in [0.717, 1.165) is 19.4 Å². The Morgan fingerprint density at radius 3 is 2.69 bits per heavy atom. The van der Waals surface area contributed by atoms with Crippen LogP contribution in [0.25, 0.3) is 0 Å². The normalized spacial score (nSPS) is 27.0. The lowest BCUT2D eigenvalue weighted by Crippen LogP contribution is -2.36. The van der Waals surface area contributed by atoms with Crippen molar-refractivity contribution >= 4 is 0 Å². The third-order valence-corrected chi connectivity index (χ3v) is 2.99. The van der Waals surface area contributed by atoms with Crippen molar-refractivity contribution in [1.82, 2.24) is 15.5 Å². The number of hydrogen-bond acceptors (Lipinski definition) is 5. The molecular formula is C11H19N3O2. The molecule has 1 fully saturated rings. The van der Waals surface area contributed by atoms with Gasteiger partial charge in [-0.2, -0.15) is 4.98 Å². The molecule has 1 saturated heterocycles. The van der Waals surface area contributed by atoms with E-state index in [1.807, 2.05) is 0 Å². The highest BCUT2D eigenvalue weighted by molar-refractivity contribution is 5.02. The Balaban J connectivity index is 2.08. The molecule has 2 N–H and O–H groups in total. The predicted octanol–water partition coefficient (Wildman–Crippen LogP) is 1.15.